The molecule has 0 aliphatic rings. The number of para-hydroxylation sites is 1. The van der Waals surface area contributed by atoms with Crippen molar-refractivity contribution in [3.05, 3.63) is 112 Å². The lowest BCUT2D eigenvalue weighted by Crippen LogP contribution is -2.37. The third-order valence-electron chi connectivity index (χ3n) is 6.36. The predicted octanol–water partition coefficient (Wildman–Crippen LogP) is 5.53. The topological polar surface area (TPSA) is 114 Å². The highest BCUT2D eigenvalue weighted by molar-refractivity contribution is 6.38. The largest absolute Gasteiger partial charge is 0.487 e. The zero-order valence-electron chi connectivity index (χ0n) is 23.6. The van der Waals surface area contributed by atoms with Crippen LogP contribution in [0.4, 0.5) is 5.69 Å². The average molecular weight is 619 g/mol. The molecule has 0 saturated heterocycles. The first-order valence-corrected chi connectivity index (χ1v) is 14.0. The second kappa shape index (κ2) is 14.4. The number of hydrogen-bond donors (Lipinski definition) is 2. The number of nitrogens with zero attached hydrogens (tertiary/aromatic N) is 3. The molecule has 2 aromatic carbocycles. The summed E-state index contributed by atoms with van der Waals surface area (Å²) in [5.41, 5.74) is 3.36. The van der Waals surface area contributed by atoms with Crippen LogP contribution in [0.15, 0.2) is 79.5 Å². The maximum atomic E-state index is 12.9. The van der Waals surface area contributed by atoms with E-state index >= 15 is 0 Å². The smallest absolute Gasteiger partial charge is 0.270 e. The van der Waals surface area contributed by atoms with Crippen LogP contribution in [0, 0.1) is 6.92 Å². The van der Waals surface area contributed by atoms with Gasteiger partial charge in [-0.1, -0.05) is 53.5 Å². The molecule has 2 aromatic heterocycles. The Kier molecular flexibility index (Phi) is 10.5. The molecular weight excluding hydrogens is 589 g/mol. The van der Waals surface area contributed by atoms with Gasteiger partial charge in [-0.25, -0.2) is 4.98 Å². The third kappa shape index (κ3) is 7.97. The minimum Gasteiger partial charge on any atom is -0.487 e. The Morgan fingerprint density at radius 1 is 1.05 bits per heavy atom. The van der Waals surface area contributed by atoms with Crippen LogP contribution in [0.25, 0.3) is 17.0 Å². The van der Waals surface area contributed by atoms with Crippen LogP contribution in [0.3, 0.4) is 0 Å². The lowest BCUT2D eigenvalue weighted by Gasteiger charge is -2.21. The van der Waals surface area contributed by atoms with Crippen molar-refractivity contribution in [2.24, 2.45) is 0 Å². The highest BCUT2D eigenvalue weighted by atomic mass is 35.5. The van der Waals surface area contributed by atoms with E-state index in [0.29, 0.717) is 34.1 Å². The quantitative estimate of drug-likeness (QED) is 0.169. The number of rotatable bonds is 11. The molecule has 4 rings (SSSR count). The van der Waals surface area contributed by atoms with E-state index in [1.54, 1.807) is 37.4 Å². The van der Waals surface area contributed by atoms with Crippen molar-refractivity contribution in [1.29, 1.82) is 0 Å². The number of hydrogen-bond acceptors (Lipinski definition) is 6. The Morgan fingerprint density at radius 2 is 1.86 bits per heavy atom. The van der Waals surface area contributed by atoms with Gasteiger partial charge in [-0.05, 0) is 48.9 Å². The normalized spacial score (nSPS) is 10.9. The molecule has 11 heteroatoms. The summed E-state index contributed by atoms with van der Waals surface area (Å²) in [5.74, 6) is -0.624. The molecule has 2 heterocycles. The van der Waals surface area contributed by atoms with Gasteiger partial charge in [0.2, 0.25) is 11.8 Å². The number of amides is 3. The van der Waals surface area contributed by atoms with Gasteiger partial charge in [0.25, 0.3) is 5.91 Å². The van der Waals surface area contributed by atoms with Gasteiger partial charge in [-0.15, -0.1) is 6.58 Å². The Balaban J connectivity index is 1.36. The SMILES string of the molecule is C=CCNC(=O)c1ccc(C=CC(=O)NCC(=O)N(C)c2ccc(Cl)c(COc3cccc4ccc(C)nc34)c2Cl)cn1. The van der Waals surface area contributed by atoms with Crippen molar-refractivity contribution in [3.8, 4) is 5.75 Å². The number of halogens is 2. The van der Waals surface area contributed by atoms with Crippen LogP contribution in [0.1, 0.15) is 27.3 Å². The Morgan fingerprint density at radius 3 is 2.60 bits per heavy atom. The Labute approximate surface area is 259 Å². The van der Waals surface area contributed by atoms with E-state index in [9.17, 15) is 14.4 Å². The number of anilines is 1. The van der Waals surface area contributed by atoms with E-state index in [4.69, 9.17) is 27.9 Å². The van der Waals surface area contributed by atoms with Crippen molar-refractivity contribution in [2.45, 2.75) is 13.5 Å². The summed E-state index contributed by atoms with van der Waals surface area (Å²) in [4.78, 5) is 47.2. The van der Waals surface area contributed by atoms with Gasteiger partial charge in [0.05, 0.1) is 17.3 Å². The number of pyridine rings is 2. The molecule has 0 atom stereocenters. The van der Waals surface area contributed by atoms with E-state index in [2.05, 4.69) is 27.2 Å². The molecule has 4 aromatic rings. The highest BCUT2D eigenvalue weighted by Gasteiger charge is 2.19. The number of ether oxygens (including phenoxy) is 1. The van der Waals surface area contributed by atoms with Crippen molar-refractivity contribution in [1.82, 2.24) is 20.6 Å². The molecular formula is C32H29Cl2N5O4. The molecule has 0 spiro atoms. The number of aromatic nitrogens is 2. The fourth-order valence-electron chi connectivity index (χ4n) is 4.00. The van der Waals surface area contributed by atoms with Crippen LogP contribution in [0.2, 0.25) is 10.0 Å². The fourth-order valence-corrected chi connectivity index (χ4v) is 4.61. The number of aryl methyl sites for hydroxylation is 1. The average Bonchev–Trinajstić information content (AvgIpc) is 3.01. The molecule has 0 aliphatic heterocycles. The number of carbonyl (C=O) groups excluding carboxylic acids is 3. The van der Waals surface area contributed by atoms with E-state index in [1.807, 2.05) is 37.3 Å². The van der Waals surface area contributed by atoms with Gasteiger partial charge < -0.3 is 20.3 Å². The molecule has 0 saturated carbocycles. The molecule has 220 valence electrons. The lowest BCUT2D eigenvalue weighted by molar-refractivity contribution is -0.122. The molecule has 0 unspecified atom stereocenters. The van der Waals surface area contributed by atoms with Crippen molar-refractivity contribution < 1.29 is 19.1 Å². The van der Waals surface area contributed by atoms with Crippen LogP contribution in [0.5, 0.6) is 5.75 Å². The molecule has 3 amide bonds. The Hall–Kier alpha value is -4.73. The molecule has 2 N–H and O–H groups in total. The molecule has 0 fully saturated rings. The summed E-state index contributed by atoms with van der Waals surface area (Å²) in [7, 11) is 1.56. The van der Waals surface area contributed by atoms with Crippen molar-refractivity contribution in [2.75, 3.05) is 25.0 Å². The molecule has 0 bridgehead atoms. The summed E-state index contributed by atoms with van der Waals surface area (Å²) in [6, 6.07) is 16.0. The number of likely N-dealkylation sites (N-methyl/N-ethyl adjacent to an activating group) is 1. The minimum absolute atomic E-state index is 0.0547. The second-order valence-electron chi connectivity index (χ2n) is 9.41. The molecule has 0 aliphatic carbocycles. The summed E-state index contributed by atoms with van der Waals surface area (Å²) in [5, 5.41) is 6.78. The maximum Gasteiger partial charge on any atom is 0.270 e. The van der Waals surface area contributed by atoms with Crippen LogP contribution < -0.4 is 20.3 Å². The van der Waals surface area contributed by atoms with Crippen molar-refractivity contribution >= 4 is 63.6 Å². The Bertz CT molecular complexity index is 1710. The van der Waals surface area contributed by atoms with Gasteiger partial charge >= 0.3 is 0 Å². The molecule has 43 heavy (non-hydrogen) atoms. The lowest BCUT2D eigenvalue weighted by atomic mass is 10.1. The predicted molar refractivity (Wildman–Crippen MR) is 169 cm³/mol. The summed E-state index contributed by atoms with van der Waals surface area (Å²) in [6.07, 6.45) is 5.83. The first kappa shape index (κ1) is 31.2. The maximum absolute atomic E-state index is 12.9. The monoisotopic (exact) mass is 617 g/mol. The zero-order valence-corrected chi connectivity index (χ0v) is 25.1. The van der Waals surface area contributed by atoms with Crippen LogP contribution in [-0.4, -0.2) is 47.8 Å². The summed E-state index contributed by atoms with van der Waals surface area (Å²) >= 11 is 13.1. The van der Waals surface area contributed by atoms with E-state index in [-0.39, 0.29) is 29.8 Å². The number of fused-ring (bicyclic) bond motifs is 1. The van der Waals surface area contributed by atoms with Gasteiger partial charge in [-0.2, -0.15) is 0 Å². The zero-order chi connectivity index (χ0) is 30.9. The number of benzene rings is 2. The standard InChI is InChI=1S/C32H29Cl2N5O4/c1-4-16-35-32(42)25-13-9-21(17-36-25)10-15-28(40)37-18-29(41)39(3)26-14-12-24(33)23(30(26)34)19-43-27-7-5-6-22-11-8-20(2)38-31(22)27/h4-15,17H,1,16,18-19H2,2-3H3,(H,35,42)(H,37,40). The fraction of sp³-hybridized carbons (Fsp3) is 0.156. The van der Waals surface area contributed by atoms with Crippen LogP contribution in [-0.2, 0) is 16.2 Å². The van der Waals surface area contributed by atoms with E-state index < -0.39 is 11.8 Å². The minimum atomic E-state index is -0.482. The van der Waals surface area contributed by atoms with Gasteiger partial charge in [0.15, 0.2) is 0 Å². The first-order valence-electron chi connectivity index (χ1n) is 13.2. The van der Waals surface area contributed by atoms with E-state index in [1.165, 1.54) is 23.2 Å². The van der Waals surface area contributed by atoms with Gasteiger partial charge in [0, 0.05) is 47.5 Å². The van der Waals surface area contributed by atoms with E-state index in [0.717, 1.165) is 16.6 Å². The third-order valence-corrected chi connectivity index (χ3v) is 7.14. The van der Waals surface area contributed by atoms with Crippen molar-refractivity contribution in [3.63, 3.8) is 0 Å². The number of nitrogens with one attached hydrogen (secondary N) is 2. The first-order chi connectivity index (χ1) is 20.7. The van der Waals surface area contributed by atoms with Gasteiger partial charge in [-0.3, -0.25) is 19.4 Å². The van der Waals surface area contributed by atoms with Crippen LogP contribution >= 0.6 is 23.2 Å². The molecule has 9 nitrogen and oxygen atoms in total. The summed E-state index contributed by atoms with van der Waals surface area (Å²) in [6.45, 7) is 5.57. The summed E-state index contributed by atoms with van der Waals surface area (Å²) < 4.78 is 6.07. The second-order valence-corrected chi connectivity index (χ2v) is 10.2. The van der Waals surface area contributed by atoms with Gasteiger partial charge in [0.1, 0.15) is 23.6 Å². The number of carbonyl (C=O) groups is 3. The molecule has 0 radical (unpaired) electrons. The highest BCUT2D eigenvalue weighted by Crippen LogP contribution is 2.35.